The Morgan fingerprint density at radius 3 is 3.00 bits per heavy atom. The summed E-state index contributed by atoms with van der Waals surface area (Å²) in [6.45, 7) is 2.34. The van der Waals surface area contributed by atoms with Gasteiger partial charge < -0.3 is 9.47 Å². The van der Waals surface area contributed by atoms with Crippen molar-refractivity contribution in [1.82, 2.24) is 0 Å². The number of halogens is 1. The molecule has 0 unspecified atom stereocenters. The largest absolute Gasteiger partial charge is 0.501 e. The summed E-state index contributed by atoms with van der Waals surface area (Å²) in [6.07, 6.45) is 2.51. The molecule has 80 valence electrons. The van der Waals surface area contributed by atoms with Crippen molar-refractivity contribution in [2.24, 2.45) is 0 Å². The van der Waals surface area contributed by atoms with E-state index in [1.54, 1.807) is 24.3 Å². The molecule has 0 radical (unpaired) electrons. The van der Waals surface area contributed by atoms with E-state index in [-0.39, 0.29) is 0 Å². The molecule has 0 atom stereocenters. The first-order valence-electron chi connectivity index (χ1n) is 4.48. The van der Waals surface area contributed by atoms with Crippen LogP contribution in [-0.2, 0) is 9.53 Å². The highest BCUT2D eigenvalue weighted by molar-refractivity contribution is 6.30. The molecule has 1 rings (SSSR count). The summed E-state index contributed by atoms with van der Waals surface area (Å²) in [4.78, 5) is 11.2. The summed E-state index contributed by atoms with van der Waals surface area (Å²) >= 11 is 5.72. The van der Waals surface area contributed by atoms with E-state index in [0.717, 1.165) is 0 Å². The van der Waals surface area contributed by atoms with Crippen molar-refractivity contribution in [3.8, 4) is 5.75 Å². The van der Waals surface area contributed by atoms with Crippen molar-refractivity contribution in [3.63, 3.8) is 0 Å². The van der Waals surface area contributed by atoms with Crippen molar-refractivity contribution in [2.75, 3.05) is 6.61 Å². The molecule has 0 N–H and O–H groups in total. The van der Waals surface area contributed by atoms with Crippen molar-refractivity contribution in [3.05, 3.63) is 41.6 Å². The van der Waals surface area contributed by atoms with Crippen LogP contribution in [0.25, 0.3) is 0 Å². The van der Waals surface area contributed by atoms with Gasteiger partial charge in [0.15, 0.2) is 0 Å². The molecule has 0 amide bonds. The van der Waals surface area contributed by atoms with E-state index in [1.807, 2.05) is 6.92 Å². The molecule has 1 aromatic carbocycles. The smallest absolute Gasteiger partial charge is 0.339 e. The van der Waals surface area contributed by atoms with E-state index >= 15 is 0 Å². The number of hydrogen-bond acceptors (Lipinski definition) is 3. The maximum Gasteiger partial charge on any atom is 0.339 e. The van der Waals surface area contributed by atoms with Gasteiger partial charge in [0.05, 0.1) is 18.9 Å². The van der Waals surface area contributed by atoms with Crippen LogP contribution < -0.4 is 4.74 Å². The van der Waals surface area contributed by atoms with Crippen molar-refractivity contribution < 1.29 is 14.3 Å². The van der Waals surface area contributed by atoms with Crippen LogP contribution in [0.1, 0.15) is 6.92 Å². The Labute approximate surface area is 93.3 Å². The van der Waals surface area contributed by atoms with Crippen LogP contribution in [-0.4, -0.2) is 12.6 Å². The topological polar surface area (TPSA) is 35.5 Å². The summed E-state index contributed by atoms with van der Waals surface area (Å²) in [6, 6.07) is 6.62. The number of carbonyl (C=O) groups excluding carboxylic acids is 1. The number of ether oxygens (including phenoxy) is 2. The van der Waals surface area contributed by atoms with Crippen LogP contribution in [0.3, 0.4) is 0 Å². The van der Waals surface area contributed by atoms with Crippen molar-refractivity contribution >= 4 is 17.6 Å². The van der Waals surface area contributed by atoms with E-state index in [1.165, 1.54) is 12.3 Å². The quantitative estimate of drug-likeness (QED) is 0.343. The molecule has 0 aliphatic carbocycles. The highest BCUT2D eigenvalue weighted by Crippen LogP contribution is 2.17. The Morgan fingerprint density at radius 1 is 1.53 bits per heavy atom. The maximum absolute atomic E-state index is 11.2. The van der Waals surface area contributed by atoms with E-state index in [4.69, 9.17) is 21.1 Å². The third kappa shape index (κ3) is 4.51. The zero-order valence-electron chi connectivity index (χ0n) is 8.27. The number of carbonyl (C=O) groups is 1. The third-order valence-corrected chi connectivity index (χ3v) is 1.72. The number of hydrogen-bond donors (Lipinski definition) is 0. The number of esters is 1. The van der Waals surface area contributed by atoms with Crippen LogP contribution in [0.4, 0.5) is 0 Å². The average molecular weight is 227 g/mol. The Morgan fingerprint density at radius 2 is 2.33 bits per heavy atom. The zero-order chi connectivity index (χ0) is 11.1. The van der Waals surface area contributed by atoms with E-state index < -0.39 is 5.97 Å². The Bertz CT molecular complexity index is 361. The molecular weight excluding hydrogens is 216 g/mol. The zero-order valence-corrected chi connectivity index (χ0v) is 9.03. The highest BCUT2D eigenvalue weighted by atomic mass is 35.5. The Balaban J connectivity index is 2.51. The Hall–Kier alpha value is -1.48. The van der Waals surface area contributed by atoms with Gasteiger partial charge in [0.25, 0.3) is 0 Å². The Kier molecular flexibility index (Phi) is 4.71. The van der Waals surface area contributed by atoms with Gasteiger partial charge in [-0.1, -0.05) is 17.7 Å². The van der Waals surface area contributed by atoms with E-state index in [2.05, 4.69) is 0 Å². The summed E-state index contributed by atoms with van der Waals surface area (Å²) in [5.41, 5.74) is 0. The van der Waals surface area contributed by atoms with Gasteiger partial charge in [-0.15, -0.1) is 0 Å². The van der Waals surface area contributed by atoms with Gasteiger partial charge in [0.1, 0.15) is 5.75 Å². The fourth-order valence-electron chi connectivity index (χ4n) is 0.881. The monoisotopic (exact) mass is 226 g/mol. The normalized spacial score (nSPS) is 10.3. The molecule has 0 fully saturated rings. The molecule has 0 heterocycles. The lowest BCUT2D eigenvalue weighted by Crippen LogP contribution is -2.03. The average Bonchev–Trinajstić information content (AvgIpc) is 2.18. The van der Waals surface area contributed by atoms with E-state index in [9.17, 15) is 4.79 Å². The molecule has 0 aliphatic rings. The molecule has 15 heavy (non-hydrogen) atoms. The first-order valence-corrected chi connectivity index (χ1v) is 4.85. The van der Waals surface area contributed by atoms with Gasteiger partial charge in [0.2, 0.25) is 0 Å². The summed E-state index contributed by atoms with van der Waals surface area (Å²) in [5.74, 6) is -0.0839. The lowest BCUT2D eigenvalue weighted by Gasteiger charge is -2.00. The van der Waals surface area contributed by atoms with Gasteiger partial charge in [-0.25, -0.2) is 4.79 Å². The number of benzene rings is 1. The minimum Gasteiger partial charge on any atom is -0.501 e. The summed E-state index contributed by atoms with van der Waals surface area (Å²) in [7, 11) is 0. The standard InChI is InChI=1S/C11H11ClO3/c1-2-14-7-6-11(13)15-10-5-3-4-9(12)8-10/h3-8H,2H2,1H3/b7-6+. The molecule has 3 nitrogen and oxygen atoms in total. The molecule has 0 saturated heterocycles. The third-order valence-electron chi connectivity index (χ3n) is 1.48. The fourth-order valence-corrected chi connectivity index (χ4v) is 1.06. The van der Waals surface area contributed by atoms with Gasteiger partial charge in [-0.2, -0.15) is 0 Å². The number of rotatable bonds is 4. The summed E-state index contributed by atoms with van der Waals surface area (Å²) in [5, 5.41) is 0.522. The molecule has 0 bridgehead atoms. The van der Waals surface area contributed by atoms with E-state index in [0.29, 0.717) is 17.4 Å². The maximum atomic E-state index is 11.2. The van der Waals surface area contributed by atoms with Crippen molar-refractivity contribution in [2.45, 2.75) is 6.92 Å². The molecular formula is C11H11ClO3. The van der Waals surface area contributed by atoms with Gasteiger partial charge in [0, 0.05) is 5.02 Å². The first-order chi connectivity index (χ1) is 7.22. The first kappa shape index (κ1) is 11.6. The highest BCUT2D eigenvalue weighted by Gasteiger charge is 2.00. The fraction of sp³-hybridized carbons (Fsp3) is 0.182. The van der Waals surface area contributed by atoms with Gasteiger partial charge >= 0.3 is 5.97 Å². The van der Waals surface area contributed by atoms with Crippen LogP contribution in [0, 0.1) is 0 Å². The van der Waals surface area contributed by atoms with Crippen LogP contribution >= 0.6 is 11.6 Å². The predicted octanol–water partition coefficient (Wildman–Crippen LogP) is 2.80. The van der Waals surface area contributed by atoms with Crippen LogP contribution in [0.2, 0.25) is 5.02 Å². The lowest BCUT2D eigenvalue weighted by atomic mass is 10.3. The minimum atomic E-state index is -0.495. The minimum absolute atomic E-state index is 0.411. The van der Waals surface area contributed by atoms with Crippen LogP contribution in [0.5, 0.6) is 5.75 Å². The molecule has 0 saturated carbocycles. The molecule has 4 heteroatoms. The lowest BCUT2D eigenvalue weighted by molar-refractivity contribution is -0.129. The van der Waals surface area contributed by atoms with Gasteiger partial charge in [-0.05, 0) is 25.1 Å². The second-order valence-electron chi connectivity index (χ2n) is 2.64. The SMILES string of the molecule is CCO/C=C/C(=O)Oc1cccc(Cl)c1. The van der Waals surface area contributed by atoms with Gasteiger partial charge in [-0.3, -0.25) is 0 Å². The predicted molar refractivity (Wildman–Crippen MR) is 57.9 cm³/mol. The van der Waals surface area contributed by atoms with Crippen molar-refractivity contribution in [1.29, 1.82) is 0 Å². The second-order valence-corrected chi connectivity index (χ2v) is 3.07. The molecule has 0 aromatic heterocycles. The van der Waals surface area contributed by atoms with Crippen LogP contribution in [0.15, 0.2) is 36.6 Å². The second kappa shape index (κ2) is 6.09. The molecule has 0 aliphatic heterocycles. The molecule has 0 spiro atoms. The molecule has 1 aromatic rings. The summed E-state index contributed by atoms with van der Waals surface area (Å²) < 4.78 is 9.81.